The average molecular weight is 284 g/mol. The van der Waals surface area contributed by atoms with Crippen LogP contribution in [0.25, 0.3) is 0 Å². The van der Waals surface area contributed by atoms with Crippen molar-refractivity contribution in [1.29, 1.82) is 0 Å². The molecule has 1 aliphatic rings. The van der Waals surface area contributed by atoms with Crippen LogP contribution in [-0.2, 0) is 6.54 Å². The van der Waals surface area contributed by atoms with Gasteiger partial charge in [0.15, 0.2) is 0 Å². The third-order valence-electron chi connectivity index (χ3n) is 3.21. The van der Waals surface area contributed by atoms with E-state index in [4.69, 9.17) is 0 Å². The van der Waals surface area contributed by atoms with E-state index in [-0.39, 0.29) is 6.61 Å². The van der Waals surface area contributed by atoms with Crippen LogP contribution in [-0.4, -0.2) is 34.5 Å². The van der Waals surface area contributed by atoms with E-state index in [0.29, 0.717) is 10.7 Å². The minimum Gasteiger partial charge on any atom is -0.396 e. The summed E-state index contributed by atoms with van der Waals surface area (Å²) in [6.07, 6.45) is 1.12. The molecule has 0 amide bonds. The molecule has 0 unspecified atom stereocenters. The molecule has 2 rings (SSSR count). The van der Waals surface area contributed by atoms with Crippen molar-refractivity contribution in [2.24, 2.45) is 5.92 Å². The quantitative estimate of drug-likeness (QED) is 0.861. The van der Waals surface area contributed by atoms with E-state index in [9.17, 15) is 5.11 Å². The average Bonchev–Trinajstić information content (AvgIpc) is 2.33. The Labute approximate surface area is 105 Å². The molecule has 1 heterocycles. The van der Waals surface area contributed by atoms with E-state index < -0.39 is 0 Å². The Balaban J connectivity index is 1.92. The van der Waals surface area contributed by atoms with E-state index in [0.717, 1.165) is 26.1 Å². The van der Waals surface area contributed by atoms with E-state index in [1.54, 1.807) is 0 Å². The van der Waals surface area contributed by atoms with Crippen molar-refractivity contribution < 1.29 is 5.11 Å². The van der Waals surface area contributed by atoms with Gasteiger partial charge < -0.3 is 5.11 Å². The number of hydrogen-bond acceptors (Lipinski definition) is 2. The van der Waals surface area contributed by atoms with E-state index in [2.05, 4.69) is 45.1 Å². The van der Waals surface area contributed by atoms with Crippen LogP contribution in [0.15, 0.2) is 30.3 Å². The van der Waals surface area contributed by atoms with Gasteiger partial charge in [0.05, 0.1) is 0 Å². The van der Waals surface area contributed by atoms with Crippen molar-refractivity contribution >= 4 is 15.9 Å². The molecule has 0 aromatic heterocycles. The third kappa shape index (κ3) is 3.06. The summed E-state index contributed by atoms with van der Waals surface area (Å²) in [5.74, 6) is 0.373. The zero-order chi connectivity index (χ0) is 11.4. The first kappa shape index (κ1) is 12.1. The highest BCUT2D eigenvalue weighted by atomic mass is 79.9. The summed E-state index contributed by atoms with van der Waals surface area (Å²) in [6.45, 7) is 3.38. The molecule has 2 atom stereocenters. The molecule has 0 saturated carbocycles. The first-order valence-corrected chi connectivity index (χ1v) is 6.72. The number of hydrogen-bond donors (Lipinski definition) is 1. The second-order valence-electron chi connectivity index (χ2n) is 4.47. The van der Waals surface area contributed by atoms with Gasteiger partial charge in [-0.3, -0.25) is 4.90 Å². The van der Waals surface area contributed by atoms with E-state index in [1.165, 1.54) is 5.56 Å². The normalized spacial score (nSPS) is 26.9. The van der Waals surface area contributed by atoms with Gasteiger partial charge in [0, 0.05) is 30.4 Å². The highest BCUT2D eigenvalue weighted by molar-refractivity contribution is 9.09. The maximum atomic E-state index is 9.29. The van der Waals surface area contributed by atoms with Crippen LogP contribution in [0.5, 0.6) is 0 Å². The second kappa shape index (κ2) is 5.80. The monoisotopic (exact) mass is 283 g/mol. The van der Waals surface area contributed by atoms with Crippen molar-refractivity contribution in [3.05, 3.63) is 35.9 Å². The van der Waals surface area contributed by atoms with Crippen molar-refractivity contribution in [3.8, 4) is 0 Å². The van der Waals surface area contributed by atoms with Crippen molar-refractivity contribution in [1.82, 2.24) is 4.90 Å². The van der Waals surface area contributed by atoms with Gasteiger partial charge in [-0.2, -0.15) is 0 Å². The van der Waals surface area contributed by atoms with Crippen LogP contribution in [0.2, 0.25) is 0 Å². The van der Waals surface area contributed by atoms with Gasteiger partial charge in [0.25, 0.3) is 0 Å². The van der Waals surface area contributed by atoms with Crippen molar-refractivity contribution in [3.63, 3.8) is 0 Å². The summed E-state index contributed by atoms with van der Waals surface area (Å²) in [5.41, 5.74) is 1.35. The Morgan fingerprint density at radius 2 is 2.06 bits per heavy atom. The molecule has 1 fully saturated rings. The largest absolute Gasteiger partial charge is 0.396 e. The molecule has 1 saturated heterocycles. The fraction of sp³-hybridized carbons (Fsp3) is 0.538. The van der Waals surface area contributed by atoms with Gasteiger partial charge in [-0.1, -0.05) is 46.3 Å². The smallest absolute Gasteiger partial charge is 0.0482 e. The molecule has 0 radical (unpaired) electrons. The van der Waals surface area contributed by atoms with E-state index in [1.807, 2.05) is 6.07 Å². The Morgan fingerprint density at radius 3 is 2.75 bits per heavy atom. The lowest BCUT2D eigenvalue weighted by Crippen LogP contribution is -2.41. The summed E-state index contributed by atoms with van der Waals surface area (Å²) in [4.78, 5) is 2.90. The van der Waals surface area contributed by atoms with Crippen LogP contribution in [0, 0.1) is 5.92 Å². The minimum atomic E-state index is 0.279. The standard InChI is InChI=1S/C13H18BrNO/c14-13-6-7-15(9-12(13)10-16)8-11-4-2-1-3-5-11/h1-5,12-13,16H,6-10H2/t12-,13-/m0/s1. The number of piperidine rings is 1. The predicted molar refractivity (Wildman–Crippen MR) is 69.6 cm³/mol. The molecule has 1 aliphatic heterocycles. The minimum absolute atomic E-state index is 0.279. The van der Waals surface area contributed by atoms with Crippen LogP contribution < -0.4 is 0 Å². The summed E-state index contributed by atoms with van der Waals surface area (Å²) in [5, 5.41) is 9.29. The topological polar surface area (TPSA) is 23.5 Å². The highest BCUT2D eigenvalue weighted by Crippen LogP contribution is 2.24. The number of aliphatic hydroxyl groups excluding tert-OH is 1. The molecule has 0 spiro atoms. The maximum absolute atomic E-state index is 9.29. The maximum Gasteiger partial charge on any atom is 0.0482 e. The molecule has 1 N–H and O–H groups in total. The third-order valence-corrected chi connectivity index (χ3v) is 4.41. The van der Waals surface area contributed by atoms with E-state index >= 15 is 0 Å². The molecule has 1 aromatic carbocycles. The van der Waals surface area contributed by atoms with Crippen molar-refractivity contribution in [2.45, 2.75) is 17.8 Å². The van der Waals surface area contributed by atoms with Gasteiger partial charge >= 0.3 is 0 Å². The van der Waals surface area contributed by atoms with Gasteiger partial charge in [-0.15, -0.1) is 0 Å². The fourth-order valence-corrected chi connectivity index (χ4v) is 2.78. The Bertz CT molecular complexity index is 317. The van der Waals surface area contributed by atoms with Crippen LogP contribution in [0.4, 0.5) is 0 Å². The summed E-state index contributed by atoms with van der Waals surface area (Å²) in [7, 11) is 0. The number of alkyl halides is 1. The lowest BCUT2D eigenvalue weighted by molar-refractivity contribution is 0.122. The number of likely N-dealkylation sites (tertiary alicyclic amines) is 1. The number of rotatable bonds is 3. The fourth-order valence-electron chi connectivity index (χ4n) is 2.24. The second-order valence-corrected chi connectivity index (χ2v) is 5.64. The molecule has 0 aliphatic carbocycles. The van der Waals surface area contributed by atoms with Crippen LogP contribution >= 0.6 is 15.9 Å². The molecule has 88 valence electrons. The number of nitrogens with zero attached hydrogens (tertiary/aromatic N) is 1. The number of benzene rings is 1. The lowest BCUT2D eigenvalue weighted by Gasteiger charge is -2.35. The Kier molecular flexibility index (Phi) is 4.38. The molecular formula is C13H18BrNO. The SMILES string of the molecule is OC[C@@H]1CN(Cc2ccccc2)CC[C@@H]1Br. The summed E-state index contributed by atoms with van der Waals surface area (Å²) >= 11 is 3.64. The molecular weight excluding hydrogens is 266 g/mol. The predicted octanol–water partition coefficient (Wildman–Crippen LogP) is 2.26. The van der Waals surface area contributed by atoms with Gasteiger partial charge in [-0.05, 0) is 18.5 Å². The zero-order valence-corrected chi connectivity index (χ0v) is 10.9. The molecule has 16 heavy (non-hydrogen) atoms. The van der Waals surface area contributed by atoms with Gasteiger partial charge in [-0.25, -0.2) is 0 Å². The van der Waals surface area contributed by atoms with Crippen LogP contribution in [0.3, 0.4) is 0 Å². The molecule has 2 nitrogen and oxygen atoms in total. The summed E-state index contributed by atoms with van der Waals surface area (Å²) in [6, 6.07) is 10.5. The van der Waals surface area contributed by atoms with Crippen LogP contribution in [0.1, 0.15) is 12.0 Å². The summed E-state index contributed by atoms with van der Waals surface area (Å²) < 4.78 is 0. The zero-order valence-electron chi connectivity index (χ0n) is 9.35. The highest BCUT2D eigenvalue weighted by Gasteiger charge is 2.26. The van der Waals surface area contributed by atoms with Crippen molar-refractivity contribution in [2.75, 3.05) is 19.7 Å². The number of aliphatic hydroxyl groups is 1. The first-order chi connectivity index (χ1) is 7.79. The van der Waals surface area contributed by atoms with Gasteiger partial charge in [0.2, 0.25) is 0 Å². The molecule has 3 heteroatoms. The molecule has 0 bridgehead atoms. The van der Waals surface area contributed by atoms with Gasteiger partial charge in [0.1, 0.15) is 0 Å². The first-order valence-electron chi connectivity index (χ1n) is 5.81. The lowest BCUT2D eigenvalue weighted by atomic mass is 9.98. The Hall–Kier alpha value is -0.380. The Morgan fingerprint density at radius 1 is 1.31 bits per heavy atom. The number of halogens is 1. The molecule has 1 aromatic rings.